The van der Waals surface area contributed by atoms with Gasteiger partial charge in [-0.2, -0.15) is 0 Å². The third-order valence-corrected chi connectivity index (χ3v) is 6.42. The number of carbonyl (C=O) groups excluding carboxylic acids is 4. The van der Waals surface area contributed by atoms with E-state index in [2.05, 4.69) is 16.0 Å². The zero-order chi connectivity index (χ0) is 21.3. The van der Waals surface area contributed by atoms with E-state index < -0.39 is 24.5 Å². The Bertz CT molecular complexity index is 846. The zero-order valence-electron chi connectivity index (χ0n) is 17.0. The van der Waals surface area contributed by atoms with Crippen LogP contribution in [-0.4, -0.2) is 36.0 Å². The third kappa shape index (κ3) is 4.63. The van der Waals surface area contributed by atoms with Crippen LogP contribution < -0.4 is 16.0 Å². The average molecular weight is 413 g/mol. The number of anilines is 1. The molecule has 4 fully saturated rings. The molecule has 1 aromatic carbocycles. The second kappa shape index (κ2) is 8.08. The summed E-state index contributed by atoms with van der Waals surface area (Å²) in [5.74, 6) is 0.400. The second-order valence-electron chi connectivity index (χ2n) is 9.04. The second-order valence-corrected chi connectivity index (χ2v) is 9.04. The Balaban J connectivity index is 1.25. The van der Waals surface area contributed by atoms with Crippen LogP contribution >= 0.6 is 0 Å². The maximum absolute atomic E-state index is 12.4. The fraction of sp³-hybridized carbons (Fsp3) is 0.545. The van der Waals surface area contributed by atoms with Crippen molar-refractivity contribution >= 4 is 29.5 Å². The minimum Gasteiger partial charge on any atom is -0.452 e. The molecule has 0 spiro atoms. The lowest BCUT2D eigenvalue weighted by atomic mass is 9.53. The van der Waals surface area contributed by atoms with E-state index in [1.165, 1.54) is 38.3 Å². The number of ether oxygens (including phenoxy) is 1. The molecule has 8 nitrogen and oxygen atoms in total. The van der Waals surface area contributed by atoms with Crippen LogP contribution in [0.4, 0.5) is 10.5 Å². The Labute approximate surface area is 175 Å². The molecule has 0 unspecified atom stereocenters. The first-order valence-electron chi connectivity index (χ1n) is 10.5. The lowest BCUT2D eigenvalue weighted by Gasteiger charge is -2.56. The van der Waals surface area contributed by atoms with Gasteiger partial charge in [0, 0.05) is 18.2 Å². The highest BCUT2D eigenvalue weighted by molar-refractivity contribution is 5.98. The zero-order valence-corrected chi connectivity index (χ0v) is 17.0. The van der Waals surface area contributed by atoms with Crippen molar-refractivity contribution in [1.82, 2.24) is 10.6 Å². The number of benzene rings is 1. The molecule has 8 heteroatoms. The van der Waals surface area contributed by atoms with E-state index >= 15 is 0 Å². The highest BCUT2D eigenvalue weighted by Gasteiger charge is 2.51. The van der Waals surface area contributed by atoms with Crippen molar-refractivity contribution in [3.63, 3.8) is 0 Å². The smallest absolute Gasteiger partial charge is 0.338 e. The molecule has 30 heavy (non-hydrogen) atoms. The molecular weight excluding hydrogens is 386 g/mol. The molecule has 4 amide bonds. The molecule has 0 saturated heterocycles. The van der Waals surface area contributed by atoms with Gasteiger partial charge in [-0.05, 0) is 74.5 Å². The van der Waals surface area contributed by atoms with Crippen LogP contribution in [0.1, 0.15) is 55.8 Å². The number of hydrogen-bond acceptors (Lipinski definition) is 5. The van der Waals surface area contributed by atoms with Crippen LogP contribution in [-0.2, 0) is 14.3 Å². The van der Waals surface area contributed by atoms with Crippen LogP contribution in [0.15, 0.2) is 24.3 Å². The lowest BCUT2D eigenvalue weighted by Crippen LogP contribution is -2.62. The first kappa shape index (κ1) is 20.4. The summed E-state index contributed by atoms with van der Waals surface area (Å²) >= 11 is 0. The predicted molar refractivity (Wildman–Crippen MR) is 109 cm³/mol. The van der Waals surface area contributed by atoms with Crippen LogP contribution in [0.2, 0.25) is 0 Å². The van der Waals surface area contributed by atoms with Crippen molar-refractivity contribution in [1.29, 1.82) is 0 Å². The molecule has 5 rings (SSSR count). The van der Waals surface area contributed by atoms with E-state index in [1.54, 1.807) is 12.1 Å². The molecule has 4 aliphatic carbocycles. The molecular formula is C22H27N3O5. The molecule has 1 aromatic rings. The number of nitrogens with one attached hydrogen (secondary N) is 3. The summed E-state index contributed by atoms with van der Waals surface area (Å²) in [4.78, 5) is 47.7. The van der Waals surface area contributed by atoms with Gasteiger partial charge in [0.1, 0.15) is 0 Å². The summed E-state index contributed by atoms with van der Waals surface area (Å²) < 4.78 is 5.00. The maximum Gasteiger partial charge on any atom is 0.338 e. The normalized spacial score (nSPS) is 28.5. The fourth-order valence-corrected chi connectivity index (χ4v) is 5.84. The summed E-state index contributed by atoms with van der Waals surface area (Å²) in [5.41, 5.74) is 0.461. The minimum absolute atomic E-state index is 0.195. The first-order valence-corrected chi connectivity index (χ1v) is 10.5. The molecule has 4 saturated carbocycles. The van der Waals surface area contributed by atoms with Gasteiger partial charge < -0.3 is 15.4 Å². The molecule has 4 aliphatic rings. The lowest BCUT2D eigenvalue weighted by molar-refractivity contribution is -0.123. The van der Waals surface area contributed by atoms with Crippen molar-refractivity contribution in [3.05, 3.63) is 29.8 Å². The minimum atomic E-state index is -0.709. The molecule has 3 N–H and O–H groups in total. The van der Waals surface area contributed by atoms with Crippen molar-refractivity contribution < 1.29 is 23.9 Å². The maximum atomic E-state index is 12.4. The van der Waals surface area contributed by atoms with Gasteiger partial charge in [-0.15, -0.1) is 0 Å². The van der Waals surface area contributed by atoms with Gasteiger partial charge in [-0.3, -0.25) is 14.9 Å². The molecule has 0 heterocycles. The molecule has 0 radical (unpaired) electrons. The number of esters is 1. The monoisotopic (exact) mass is 413 g/mol. The van der Waals surface area contributed by atoms with E-state index in [0.717, 1.165) is 19.3 Å². The fourth-order valence-electron chi connectivity index (χ4n) is 5.84. The average Bonchev–Trinajstić information content (AvgIpc) is 2.64. The molecule has 160 valence electrons. The molecule has 0 atom stereocenters. The summed E-state index contributed by atoms with van der Waals surface area (Å²) in [7, 11) is 0. The van der Waals surface area contributed by atoms with Crippen LogP contribution in [0.25, 0.3) is 0 Å². The summed E-state index contributed by atoms with van der Waals surface area (Å²) in [5, 5.41) is 7.90. The van der Waals surface area contributed by atoms with Gasteiger partial charge in [-0.1, -0.05) is 6.07 Å². The number of carbonyl (C=O) groups is 4. The van der Waals surface area contributed by atoms with Gasteiger partial charge in [0.2, 0.25) is 5.91 Å². The SMILES string of the molecule is CC(=O)Nc1cccc(C(=O)OCC(=O)NC(=O)NC23CC4CC(CC(C4)C2)C3)c1. The van der Waals surface area contributed by atoms with Gasteiger partial charge in [-0.25, -0.2) is 9.59 Å². The number of hydrogen-bond donors (Lipinski definition) is 3. The van der Waals surface area contributed by atoms with E-state index in [1.807, 2.05) is 0 Å². The Kier molecular flexibility index (Phi) is 5.49. The predicted octanol–water partition coefficient (Wildman–Crippen LogP) is 2.60. The van der Waals surface area contributed by atoms with Crippen LogP contribution in [0, 0.1) is 17.8 Å². The van der Waals surface area contributed by atoms with E-state index in [0.29, 0.717) is 23.4 Å². The van der Waals surface area contributed by atoms with E-state index in [4.69, 9.17) is 4.74 Å². The number of imide groups is 1. The van der Waals surface area contributed by atoms with Crippen molar-refractivity contribution in [2.24, 2.45) is 17.8 Å². The standard InChI is InChI=1S/C22H27N3O5/c1-13(26)23-18-4-2-3-17(8-18)20(28)30-12-19(27)24-21(29)25-22-9-14-5-15(10-22)7-16(6-14)11-22/h2-4,8,14-16H,5-7,9-12H2,1H3,(H,23,26)(H2,24,25,27,29). The van der Waals surface area contributed by atoms with Gasteiger partial charge in [0.05, 0.1) is 5.56 Å². The highest BCUT2D eigenvalue weighted by Crippen LogP contribution is 2.55. The Hall–Kier alpha value is -2.90. The number of urea groups is 1. The molecule has 0 aromatic heterocycles. The largest absolute Gasteiger partial charge is 0.452 e. The van der Waals surface area contributed by atoms with Crippen molar-refractivity contribution in [2.45, 2.75) is 51.0 Å². The Morgan fingerprint density at radius 3 is 2.27 bits per heavy atom. The van der Waals surface area contributed by atoms with E-state index in [9.17, 15) is 19.2 Å². The highest BCUT2D eigenvalue weighted by atomic mass is 16.5. The van der Waals surface area contributed by atoms with Crippen molar-refractivity contribution in [2.75, 3.05) is 11.9 Å². The van der Waals surface area contributed by atoms with Crippen LogP contribution in [0.3, 0.4) is 0 Å². The number of amides is 4. The van der Waals surface area contributed by atoms with E-state index in [-0.39, 0.29) is 17.0 Å². The summed E-state index contributed by atoms with van der Waals surface area (Å²) in [6.07, 6.45) is 6.75. The molecule has 4 bridgehead atoms. The topological polar surface area (TPSA) is 114 Å². The Morgan fingerprint density at radius 2 is 1.67 bits per heavy atom. The van der Waals surface area contributed by atoms with Crippen LogP contribution in [0.5, 0.6) is 0 Å². The van der Waals surface area contributed by atoms with Gasteiger partial charge in [0.15, 0.2) is 6.61 Å². The summed E-state index contributed by atoms with van der Waals surface area (Å²) in [6.45, 7) is 0.807. The van der Waals surface area contributed by atoms with Gasteiger partial charge >= 0.3 is 12.0 Å². The van der Waals surface area contributed by atoms with Crippen molar-refractivity contribution in [3.8, 4) is 0 Å². The quantitative estimate of drug-likeness (QED) is 0.642. The number of rotatable bonds is 5. The third-order valence-electron chi connectivity index (χ3n) is 6.42. The summed E-state index contributed by atoms with van der Waals surface area (Å²) in [6, 6.07) is 5.69. The Morgan fingerprint density at radius 1 is 1.03 bits per heavy atom. The molecule has 0 aliphatic heterocycles. The first-order chi connectivity index (χ1) is 14.3. The van der Waals surface area contributed by atoms with Gasteiger partial charge in [0.25, 0.3) is 5.91 Å².